The van der Waals surface area contributed by atoms with Crippen molar-refractivity contribution in [2.75, 3.05) is 13.2 Å². The van der Waals surface area contributed by atoms with Crippen molar-refractivity contribution in [3.63, 3.8) is 0 Å². The number of carboxylic acids is 1. The van der Waals surface area contributed by atoms with E-state index in [2.05, 4.69) is 24.3 Å². The number of halogens is 3. The molecule has 0 fully saturated rings. The lowest BCUT2D eigenvalue weighted by atomic mass is 10.1. The van der Waals surface area contributed by atoms with E-state index in [1.165, 1.54) is 0 Å². The summed E-state index contributed by atoms with van der Waals surface area (Å²) in [5, 5.41) is 17.4. The SMILES string of the molecule is Cc1cc(-c2noc(C(F)(F)F)n2)cc(C)c1OCCCOc1cc(C(=O)[O-])on1. The molecule has 0 saturated carbocycles. The predicted molar refractivity (Wildman–Crippen MR) is 90.7 cm³/mol. The lowest BCUT2D eigenvalue weighted by Crippen LogP contribution is -2.21. The molecule has 0 atom stereocenters. The van der Waals surface area contributed by atoms with E-state index in [-0.39, 0.29) is 24.9 Å². The van der Waals surface area contributed by atoms with Crippen LogP contribution in [0, 0.1) is 13.8 Å². The molecule has 2 aromatic heterocycles. The van der Waals surface area contributed by atoms with E-state index in [0.717, 1.165) is 6.07 Å². The van der Waals surface area contributed by atoms with E-state index in [0.29, 0.717) is 28.9 Å². The summed E-state index contributed by atoms with van der Waals surface area (Å²) >= 11 is 0. The maximum Gasteiger partial charge on any atom is 0.471 e. The van der Waals surface area contributed by atoms with Gasteiger partial charge in [0.1, 0.15) is 11.7 Å². The molecule has 12 heteroatoms. The minimum absolute atomic E-state index is 0.0178. The standard InChI is InChI=1S/C18H16F3N3O6/c1-9-6-11(15-22-17(30-24-15)18(19,20)21)7-10(2)14(9)28-5-3-4-27-13-8-12(16(25)26)29-23-13/h6-8H,3-5H2,1-2H3,(H,25,26)/p-1. The second kappa shape index (κ2) is 8.43. The molecule has 0 amide bonds. The van der Waals surface area contributed by atoms with E-state index >= 15 is 0 Å². The lowest BCUT2D eigenvalue weighted by molar-refractivity contribution is -0.257. The molecule has 0 saturated heterocycles. The quantitative estimate of drug-likeness (QED) is 0.500. The van der Waals surface area contributed by atoms with Crippen LogP contribution in [0.15, 0.2) is 27.2 Å². The number of rotatable bonds is 8. The fraction of sp³-hybridized carbons (Fsp3) is 0.333. The van der Waals surface area contributed by atoms with Gasteiger partial charge in [-0.3, -0.25) is 0 Å². The first-order valence-corrected chi connectivity index (χ1v) is 8.61. The van der Waals surface area contributed by atoms with E-state index in [1.54, 1.807) is 26.0 Å². The van der Waals surface area contributed by atoms with Gasteiger partial charge in [0, 0.05) is 12.0 Å². The molecule has 0 radical (unpaired) electrons. The molecule has 1 aromatic carbocycles. The van der Waals surface area contributed by atoms with Gasteiger partial charge in [0.05, 0.1) is 19.3 Å². The highest BCUT2D eigenvalue weighted by Gasteiger charge is 2.38. The molecule has 0 aliphatic heterocycles. The number of alkyl halides is 3. The molecular weight excluding hydrogens is 411 g/mol. The minimum atomic E-state index is -4.71. The summed E-state index contributed by atoms with van der Waals surface area (Å²) in [7, 11) is 0. The van der Waals surface area contributed by atoms with Crippen LogP contribution < -0.4 is 14.6 Å². The number of carbonyl (C=O) groups excluding carboxylic acids is 1. The van der Waals surface area contributed by atoms with Crippen LogP contribution in [-0.2, 0) is 6.18 Å². The monoisotopic (exact) mass is 426 g/mol. The second-order valence-corrected chi connectivity index (χ2v) is 6.23. The fourth-order valence-electron chi connectivity index (χ4n) is 2.60. The summed E-state index contributed by atoms with van der Waals surface area (Å²) in [5.41, 5.74) is 1.73. The van der Waals surface area contributed by atoms with Gasteiger partial charge in [-0.15, -0.1) is 0 Å². The highest BCUT2D eigenvalue weighted by Crippen LogP contribution is 2.32. The molecule has 3 aromatic rings. The highest BCUT2D eigenvalue weighted by atomic mass is 19.4. The van der Waals surface area contributed by atoms with Crippen LogP contribution in [-0.4, -0.2) is 34.5 Å². The van der Waals surface area contributed by atoms with Crippen molar-refractivity contribution in [2.45, 2.75) is 26.4 Å². The zero-order valence-corrected chi connectivity index (χ0v) is 15.8. The lowest BCUT2D eigenvalue weighted by Gasteiger charge is -2.13. The molecule has 0 aliphatic rings. The smallest absolute Gasteiger partial charge is 0.471 e. The number of hydrogen-bond donors (Lipinski definition) is 0. The van der Waals surface area contributed by atoms with E-state index in [4.69, 9.17) is 9.47 Å². The zero-order valence-electron chi connectivity index (χ0n) is 15.8. The Morgan fingerprint density at radius 1 is 1.07 bits per heavy atom. The van der Waals surface area contributed by atoms with Gasteiger partial charge in [0.15, 0.2) is 5.76 Å². The van der Waals surface area contributed by atoms with Crippen LogP contribution in [0.1, 0.15) is 34.0 Å². The number of aromatic nitrogens is 3. The predicted octanol–water partition coefficient (Wildman–Crippen LogP) is 2.57. The first-order valence-electron chi connectivity index (χ1n) is 8.61. The zero-order chi connectivity index (χ0) is 21.9. The van der Waals surface area contributed by atoms with Crippen LogP contribution in [0.25, 0.3) is 11.4 Å². The number of carboxylic acid groups (broad SMARTS) is 1. The maximum absolute atomic E-state index is 12.6. The minimum Gasteiger partial charge on any atom is -0.541 e. The molecule has 2 heterocycles. The van der Waals surface area contributed by atoms with E-state index in [1.807, 2.05) is 0 Å². The Morgan fingerprint density at radius 2 is 1.73 bits per heavy atom. The molecule has 0 N–H and O–H groups in total. The van der Waals surface area contributed by atoms with Crippen LogP contribution in [0.4, 0.5) is 13.2 Å². The largest absolute Gasteiger partial charge is 0.541 e. The van der Waals surface area contributed by atoms with Gasteiger partial charge in [0.25, 0.3) is 5.88 Å². The third kappa shape index (κ3) is 4.88. The molecule has 9 nitrogen and oxygen atoms in total. The number of hydrogen-bond acceptors (Lipinski definition) is 9. The van der Waals surface area contributed by atoms with Crippen LogP contribution >= 0.6 is 0 Å². The summed E-state index contributed by atoms with van der Waals surface area (Å²) < 4.78 is 57.6. The van der Waals surface area contributed by atoms with Gasteiger partial charge in [-0.25, -0.2) is 0 Å². The number of ether oxygens (including phenoxy) is 2. The highest BCUT2D eigenvalue weighted by molar-refractivity contribution is 5.82. The topological polar surface area (TPSA) is 124 Å². The summed E-state index contributed by atoms with van der Waals surface area (Å²) in [6, 6.07) is 4.30. The van der Waals surface area contributed by atoms with Gasteiger partial charge in [-0.1, -0.05) is 5.16 Å². The number of aromatic carboxylic acids is 1. The maximum atomic E-state index is 12.6. The second-order valence-electron chi connectivity index (χ2n) is 6.23. The average molecular weight is 426 g/mol. The number of aryl methyl sites for hydroxylation is 2. The molecule has 3 rings (SSSR count). The van der Waals surface area contributed by atoms with Crippen molar-refractivity contribution < 1.29 is 41.6 Å². The van der Waals surface area contributed by atoms with E-state index < -0.39 is 23.8 Å². The Balaban J connectivity index is 1.56. The normalized spacial score (nSPS) is 11.5. The first kappa shape index (κ1) is 21.1. The van der Waals surface area contributed by atoms with Crippen LogP contribution in [0.3, 0.4) is 0 Å². The third-order valence-electron chi connectivity index (χ3n) is 3.86. The Labute approximate surface area is 167 Å². The Kier molecular flexibility index (Phi) is 5.94. The van der Waals surface area contributed by atoms with Crippen molar-refractivity contribution >= 4 is 5.97 Å². The van der Waals surface area contributed by atoms with Crippen molar-refractivity contribution in [2.24, 2.45) is 0 Å². The Morgan fingerprint density at radius 3 is 2.30 bits per heavy atom. The van der Waals surface area contributed by atoms with E-state index in [9.17, 15) is 23.1 Å². The number of nitrogens with zero attached hydrogens (tertiary/aromatic N) is 3. The van der Waals surface area contributed by atoms with Crippen molar-refractivity contribution in [1.29, 1.82) is 0 Å². The van der Waals surface area contributed by atoms with Gasteiger partial charge in [-0.05, 0) is 42.3 Å². The van der Waals surface area contributed by atoms with Gasteiger partial charge in [0.2, 0.25) is 5.82 Å². The van der Waals surface area contributed by atoms with Crippen molar-refractivity contribution in [3.8, 4) is 23.0 Å². The Bertz CT molecular complexity index is 1020. The summed E-state index contributed by atoms with van der Waals surface area (Å²) in [5.74, 6) is -2.92. The van der Waals surface area contributed by atoms with Crippen LogP contribution in [0.5, 0.6) is 11.6 Å². The average Bonchev–Trinajstić information content (AvgIpc) is 3.32. The summed E-state index contributed by atoms with van der Waals surface area (Å²) in [6.45, 7) is 3.94. The molecule has 0 bridgehead atoms. The van der Waals surface area contributed by atoms with Gasteiger partial charge in [-0.2, -0.15) is 18.2 Å². The molecular formula is C18H15F3N3O6-. The molecule has 160 valence electrons. The number of carbonyl (C=O) groups is 1. The summed E-state index contributed by atoms with van der Waals surface area (Å²) in [4.78, 5) is 14.0. The number of benzene rings is 1. The molecule has 0 spiro atoms. The van der Waals surface area contributed by atoms with Crippen LogP contribution in [0.2, 0.25) is 0 Å². The van der Waals surface area contributed by atoms with Crippen molar-refractivity contribution in [3.05, 3.63) is 41.0 Å². The Hall–Kier alpha value is -3.57. The van der Waals surface area contributed by atoms with Gasteiger partial charge < -0.3 is 28.4 Å². The fourth-order valence-corrected chi connectivity index (χ4v) is 2.60. The molecule has 0 unspecified atom stereocenters. The molecule has 30 heavy (non-hydrogen) atoms. The van der Waals surface area contributed by atoms with Crippen molar-refractivity contribution in [1.82, 2.24) is 15.3 Å². The van der Waals surface area contributed by atoms with Gasteiger partial charge >= 0.3 is 12.1 Å². The first-order chi connectivity index (χ1) is 14.1. The third-order valence-corrected chi connectivity index (χ3v) is 3.86. The molecule has 0 aliphatic carbocycles. The summed E-state index contributed by atoms with van der Waals surface area (Å²) in [6.07, 6.45) is -4.26.